The molecule has 0 radical (unpaired) electrons. The first kappa shape index (κ1) is 15.1. The van der Waals surface area contributed by atoms with Crippen molar-refractivity contribution in [1.82, 2.24) is 4.90 Å². The predicted octanol–water partition coefficient (Wildman–Crippen LogP) is 2.29. The van der Waals surface area contributed by atoms with Gasteiger partial charge in [-0.1, -0.05) is 27.2 Å². The molecule has 6 heteroatoms. The lowest BCUT2D eigenvalue weighted by atomic mass is 9.97. The Kier molecular flexibility index (Phi) is 5.67. The lowest BCUT2D eigenvalue weighted by molar-refractivity contribution is 0.165. The Balaban J connectivity index is 1.76. The van der Waals surface area contributed by atoms with E-state index < -0.39 is 0 Å². The number of likely N-dealkylation sites (tertiary alicyclic amines) is 1. The second kappa shape index (κ2) is 7.50. The van der Waals surface area contributed by atoms with Crippen molar-refractivity contribution in [3.05, 3.63) is 28.7 Å². The van der Waals surface area contributed by atoms with Crippen LogP contribution in [0.1, 0.15) is 12.8 Å². The Hall–Kier alpha value is -1.27. The van der Waals surface area contributed by atoms with Crippen molar-refractivity contribution in [3.63, 3.8) is 0 Å². The molecular weight excluding hydrogens is 322 g/mol. The van der Waals surface area contributed by atoms with E-state index in [2.05, 4.69) is 26.0 Å². The zero-order valence-corrected chi connectivity index (χ0v) is 12.9. The largest absolute Gasteiger partial charge is 0.492 e. The third-order valence-corrected chi connectivity index (χ3v) is 4.00. The summed E-state index contributed by atoms with van der Waals surface area (Å²) in [4.78, 5) is 2.30. The van der Waals surface area contributed by atoms with E-state index in [9.17, 15) is 0 Å². The standard InChI is InChI=1S/C14H20BrN3O2/c15-12-4-1-5-13(9-12)20-8-7-18-6-2-3-11(10-18)14(16)17-19/h1,4-5,9,11,19H,2-3,6-8,10H2,(H2,16,17). The number of ether oxygens (including phenoxy) is 1. The summed E-state index contributed by atoms with van der Waals surface area (Å²) in [6.45, 7) is 3.36. The number of amidine groups is 1. The summed E-state index contributed by atoms with van der Waals surface area (Å²) in [7, 11) is 0. The molecule has 1 atom stereocenters. The van der Waals surface area contributed by atoms with E-state index in [1.807, 2.05) is 24.3 Å². The molecule has 0 amide bonds. The van der Waals surface area contributed by atoms with Gasteiger partial charge in [0, 0.05) is 23.5 Å². The van der Waals surface area contributed by atoms with E-state index in [1.54, 1.807) is 0 Å². The molecule has 1 unspecified atom stereocenters. The molecule has 2 rings (SSSR count). The molecule has 1 aliphatic heterocycles. The van der Waals surface area contributed by atoms with Crippen molar-refractivity contribution < 1.29 is 9.94 Å². The van der Waals surface area contributed by atoms with Gasteiger partial charge in [0.15, 0.2) is 0 Å². The molecule has 20 heavy (non-hydrogen) atoms. The van der Waals surface area contributed by atoms with E-state index in [1.165, 1.54) is 0 Å². The van der Waals surface area contributed by atoms with Crippen LogP contribution >= 0.6 is 15.9 Å². The van der Waals surface area contributed by atoms with Gasteiger partial charge in [0.1, 0.15) is 18.2 Å². The number of nitrogens with zero attached hydrogens (tertiary/aromatic N) is 2. The van der Waals surface area contributed by atoms with Gasteiger partial charge < -0.3 is 15.7 Å². The second-order valence-corrected chi connectivity index (χ2v) is 5.89. The van der Waals surface area contributed by atoms with Crippen molar-refractivity contribution in [2.75, 3.05) is 26.2 Å². The van der Waals surface area contributed by atoms with Gasteiger partial charge in [-0.15, -0.1) is 0 Å². The number of hydrogen-bond donors (Lipinski definition) is 2. The minimum atomic E-state index is 0.152. The molecule has 1 aromatic rings. The van der Waals surface area contributed by atoms with Crippen LogP contribution in [-0.4, -0.2) is 42.2 Å². The van der Waals surface area contributed by atoms with Crippen LogP contribution in [-0.2, 0) is 0 Å². The Morgan fingerprint density at radius 2 is 2.40 bits per heavy atom. The van der Waals surface area contributed by atoms with E-state index in [0.29, 0.717) is 12.4 Å². The maximum Gasteiger partial charge on any atom is 0.143 e. The van der Waals surface area contributed by atoms with Gasteiger partial charge in [0.2, 0.25) is 0 Å². The summed E-state index contributed by atoms with van der Waals surface area (Å²) < 4.78 is 6.74. The number of rotatable bonds is 5. The monoisotopic (exact) mass is 341 g/mol. The summed E-state index contributed by atoms with van der Waals surface area (Å²) in [6, 6.07) is 7.82. The Morgan fingerprint density at radius 3 is 3.15 bits per heavy atom. The van der Waals surface area contributed by atoms with Crippen LogP contribution in [0.5, 0.6) is 5.75 Å². The fourth-order valence-corrected chi connectivity index (χ4v) is 2.81. The summed E-state index contributed by atoms with van der Waals surface area (Å²) in [5, 5.41) is 11.9. The van der Waals surface area contributed by atoms with Gasteiger partial charge in [-0.05, 0) is 37.6 Å². The molecule has 1 aromatic carbocycles. The van der Waals surface area contributed by atoms with Crippen molar-refractivity contribution in [2.45, 2.75) is 12.8 Å². The Labute approximate surface area is 127 Å². The lowest BCUT2D eigenvalue weighted by Crippen LogP contribution is -2.42. The summed E-state index contributed by atoms with van der Waals surface area (Å²) in [6.07, 6.45) is 2.05. The van der Waals surface area contributed by atoms with Crippen molar-refractivity contribution in [2.24, 2.45) is 16.8 Å². The molecule has 3 N–H and O–H groups in total. The Bertz CT molecular complexity index is 467. The van der Waals surface area contributed by atoms with Gasteiger partial charge >= 0.3 is 0 Å². The molecule has 1 saturated heterocycles. The molecule has 1 fully saturated rings. The quantitative estimate of drug-likeness (QED) is 0.373. The highest BCUT2D eigenvalue weighted by molar-refractivity contribution is 9.10. The summed E-state index contributed by atoms with van der Waals surface area (Å²) in [5.74, 6) is 1.35. The molecule has 0 aromatic heterocycles. The highest BCUT2D eigenvalue weighted by atomic mass is 79.9. The number of hydrogen-bond acceptors (Lipinski definition) is 4. The normalized spacial score (nSPS) is 20.9. The van der Waals surface area contributed by atoms with Gasteiger partial charge in [0.05, 0.1) is 0 Å². The second-order valence-electron chi connectivity index (χ2n) is 4.97. The Morgan fingerprint density at radius 1 is 1.55 bits per heavy atom. The van der Waals surface area contributed by atoms with Crippen LogP contribution in [0.25, 0.3) is 0 Å². The van der Waals surface area contributed by atoms with Crippen LogP contribution in [0.3, 0.4) is 0 Å². The van der Waals surface area contributed by atoms with Gasteiger partial charge in [-0.25, -0.2) is 0 Å². The first-order valence-electron chi connectivity index (χ1n) is 6.77. The SMILES string of the molecule is NC(=NO)C1CCCN(CCOc2cccc(Br)c2)C1. The molecule has 1 heterocycles. The maximum atomic E-state index is 8.74. The highest BCUT2D eigenvalue weighted by Gasteiger charge is 2.22. The fraction of sp³-hybridized carbons (Fsp3) is 0.500. The summed E-state index contributed by atoms with van der Waals surface area (Å²) >= 11 is 3.42. The number of benzene rings is 1. The molecule has 0 bridgehead atoms. The molecule has 0 spiro atoms. The van der Waals surface area contributed by atoms with E-state index in [4.69, 9.17) is 15.7 Å². The third kappa shape index (κ3) is 4.38. The van der Waals surface area contributed by atoms with Crippen molar-refractivity contribution in [3.8, 4) is 5.75 Å². The van der Waals surface area contributed by atoms with Crippen LogP contribution in [0.15, 0.2) is 33.9 Å². The van der Waals surface area contributed by atoms with Crippen LogP contribution < -0.4 is 10.5 Å². The molecule has 0 aliphatic carbocycles. The average molecular weight is 342 g/mol. The minimum Gasteiger partial charge on any atom is -0.492 e. The smallest absolute Gasteiger partial charge is 0.143 e. The molecular formula is C14H20BrN3O2. The van der Waals surface area contributed by atoms with Crippen molar-refractivity contribution in [1.29, 1.82) is 0 Å². The number of nitrogens with two attached hydrogens (primary N) is 1. The van der Waals surface area contributed by atoms with Gasteiger partial charge in [-0.2, -0.15) is 0 Å². The van der Waals surface area contributed by atoms with Gasteiger partial charge in [0.25, 0.3) is 0 Å². The van der Waals surface area contributed by atoms with E-state index in [0.717, 1.165) is 42.7 Å². The first-order chi connectivity index (χ1) is 9.69. The molecule has 0 saturated carbocycles. The third-order valence-electron chi connectivity index (χ3n) is 3.51. The highest BCUT2D eigenvalue weighted by Crippen LogP contribution is 2.19. The zero-order chi connectivity index (χ0) is 14.4. The number of piperidine rings is 1. The minimum absolute atomic E-state index is 0.152. The van der Waals surface area contributed by atoms with E-state index >= 15 is 0 Å². The predicted molar refractivity (Wildman–Crippen MR) is 82.2 cm³/mol. The van der Waals surface area contributed by atoms with E-state index in [-0.39, 0.29) is 5.92 Å². The van der Waals surface area contributed by atoms with Crippen LogP contribution in [0.4, 0.5) is 0 Å². The van der Waals surface area contributed by atoms with Crippen LogP contribution in [0.2, 0.25) is 0 Å². The number of oxime groups is 1. The summed E-state index contributed by atoms with van der Waals surface area (Å²) in [5.41, 5.74) is 5.68. The average Bonchev–Trinajstić information content (AvgIpc) is 2.47. The van der Waals surface area contributed by atoms with Crippen LogP contribution in [0, 0.1) is 5.92 Å². The van der Waals surface area contributed by atoms with Crippen molar-refractivity contribution >= 4 is 21.8 Å². The fourth-order valence-electron chi connectivity index (χ4n) is 2.43. The van der Waals surface area contributed by atoms with Gasteiger partial charge in [-0.3, -0.25) is 4.90 Å². The first-order valence-corrected chi connectivity index (χ1v) is 7.56. The number of halogens is 1. The molecule has 1 aliphatic rings. The zero-order valence-electron chi connectivity index (χ0n) is 11.3. The lowest BCUT2D eigenvalue weighted by Gasteiger charge is -2.31. The molecule has 5 nitrogen and oxygen atoms in total. The maximum absolute atomic E-state index is 8.74. The topological polar surface area (TPSA) is 71.1 Å². The molecule has 110 valence electrons.